The fraction of sp³-hybridized carbons (Fsp3) is 0.154. The first-order chi connectivity index (χ1) is 9.83. The Hall–Kier alpha value is -2.28. The molecule has 1 aromatic carbocycles. The third-order valence-corrected chi connectivity index (χ3v) is 3.60. The molecular formula is C13H13N5OS. The Morgan fingerprint density at radius 2 is 2.05 bits per heavy atom. The highest BCUT2D eigenvalue weighted by atomic mass is 32.2. The van der Waals surface area contributed by atoms with Crippen molar-refractivity contribution < 1.29 is 4.74 Å². The fourth-order valence-corrected chi connectivity index (χ4v) is 2.48. The summed E-state index contributed by atoms with van der Waals surface area (Å²) in [5.41, 5.74) is 2.83. The van der Waals surface area contributed by atoms with Crippen LogP contribution in [0.4, 0.5) is 0 Å². The first kappa shape index (κ1) is 12.7. The van der Waals surface area contributed by atoms with Crippen LogP contribution in [0.1, 0.15) is 0 Å². The highest BCUT2D eigenvalue weighted by molar-refractivity contribution is 7.98. The third kappa shape index (κ3) is 2.16. The molecule has 6 nitrogen and oxygen atoms in total. The summed E-state index contributed by atoms with van der Waals surface area (Å²) in [6.07, 6.45) is 5.15. The summed E-state index contributed by atoms with van der Waals surface area (Å²) >= 11 is 1.56. The van der Waals surface area contributed by atoms with Gasteiger partial charge in [0.1, 0.15) is 29.1 Å². The molecule has 0 saturated carbocycles. The molecule has 102 valence electrons. The molecule has 2 aromatic heterocycles. The lowest BCUT2D eigenvalue weighted by Crippen LogP contribution is -1.97. The monoisotopic (exact) mass is 287 g/mol. The zero-order chi connectivity index (χ0) is 13.9. The van der Waals surface area contributed by atoms with Gasteiger partial charge < -0.3 is 4.74 Å². The zero-order valence-corrected chi connectivity index (χ0v) is 11.9. The Kier molecular flexibility index (Phi) is 3.42. The van der Waals surface area contributed by atoms with Crippen molar-refractivity contribution in [3.8, 4) is 22.7 Å². The standard InChI is InChI=1S/C13H13N5OS/c1-19-10-5-3-9(4-6-10)11-12(13(20-2)17-16-11)18-8-14-7-15-18/h3-8H,1-2H3,(H,16,17). The van der Waals surface area contributed by atoms with Crippen molar-refractivity contribution in [2.45, 2.75) is 5.03 Å². The van der Waals surface area contributed by atoms with Crippen LogP contribution >= 0.6 is 11.8 Å². The second-order valence-corrected chi connectivity index (χ2v) is 4.82. The number of methoxy groups -OCH3 is 1. The van der Waals surface area contributed by atoms with E-state index < -0.39 is 0 Å². The predicted octanol–water partition coefficient (Wildman–Crippen LogP) is 2.39. The van der Waals surface area contributed by atoms with Crippen LogP contribution < -0.4 is 4.74 Å². The molecule has 0 saturated heterocycles. The van der Waals surface area contributed by atoms with Gasteiger partial charge in [-0.25, -0.2) is 9.67 Å². The van der Waals surface area contributed by atoms with E-state index in [2.05, 4.69) is 20.3 Å². The molecule has 0 bridgehead atoms. The second-order valence-electron chi connectivity index (χ2n) is 4.03. The van der Waals surface area contributed by atoms with Gasteiger partial charge in [-0.05, 0) is 30.5 Å². The number of aromatic nitrogens is 5. The number of rotatable bonds is 4. The second kappa shape index (κ2) is 5.38. The summed E-state index contributed by atoms with van der Waals surface area (Å²) in [5, 5.41) is 12.5. The molecule has 20 heavy (non-hydrogen) atoms. The van der Waals surface area contributed by atoms with Gasteiger partial charge in [-0.3, -0.25) is 5.10 Å². The normalized spacial score (nSPS) is 10.7. The molecule has 0 amide bonds. The molecule has 1 N–H and O–H groups in total. The number of benzene rings is 1. The van der Waals surface area contributed by atoms with Gasteiger partial charge in [-0.1, -0.05) is 0 Å². The van der Waals surface area contributed by atoms with Crippen LogP contribution in [0.25, 0.3) is 16.9 Å². The quantitative estimate of drug-likeness (QED) is 0.746. The topological polar surface area (TPSA) is 68.6 Å². The molecule has 0 fully saturated rings. The predicted molar refractivity (Wildman–Crippen MR) is 77.3 cm³/mol. The van der Waals surface area contributed by atoms with Gasteiger partial charge in [0.25, 0.3) is 0 Å². The van der Waals surface area contributed by atoms with Crippen LogP contribution in [-0.4, -0.2) is 38.3 Å². The van der Waals surface area contributed by atoms with Crippen molar-refractivity contribution in [1.82, 2.24) is 25.0 Å². The maximum absolute atomic E-state index is 5.18. The first-order valence-corrected chi connectivity index (χ1v) is 7.17. The molecule has 3 aromatic rings. The van der Waals surface area contributed by atoms with Gasteiger partial charge in [0.2, 0.25) is 0 Å². The molecule has 0 spiro atoms. The first-order valence-electron chi connectivity index (χ1n) is 5.95. The van der Waals surface area contributed by atoms with E-state index in [9.17, 15) is 0 Å². The molecule has 0 aliphatic rings. The highest BCUT2D eigenvalue weighted by Gasteiger charge is 2.16. The summed E-state index contributed by atoms with van der Waals surface area (Å²) in [6.45, 7) is 0. The van der Waals surface area contributed by atoms with Crippen molar-refractivity contribution in [3.63, 3.8) is 0 Å². The maximum Gasteiger partial charge on any atom is 0.144 e. The number of thioether (sulfide) groups is 1. The lowest BCUT2D eigenvalue weighted by atomic mass is 10.1. The van der Waals surface area contributed by atoms with Crippen LogP contribution in [0.3, 0.4) is 0 Å². The van der Waals surface area contributed by atoms with Crippen molar-refractivity contribution >= 4 is 11.8 Å². The average Bonchev–Trinajstić information content (AvgIpc) is 3.15. The van der Waals surface area contributed by atoms with E-state index in [-0.39, 0.29) is 0 Å². The minimum Gasteiger partial charge on any atom is -0.497 e. The zero-order valence-electron chi connectivity index (χ0n) is 11.1. The summed E-state index contributed by atoms with van der Waals surface area (Å²) in [5.74, 6) is 0.820. The number of nitrogens with zero attached hydrogens (tertiary/aromatic N) is 4. The van der Waals surface area contributed by atoms with Gasteiger partial charge in [-0.15, -0.1) is 11.8 Å². The third-order valence-electron chi connectivity index (χ3n) is 2.93. The van der Waals surface area contributed by atoms with Crippen molar-refractivity contribution in [1.29, 1.82) is 0 Å². The van der Waals surface area contributed by atoms with E-state index in [1.54, 1.807) is 29.9 Å². The minimum absolute atomic E-state index is 0.820. The van der Waals surface area contributed by atoms with Gasteiger partial charge >= 0.3 is 0 Å². The molecule has 3 rings (SSSR count). The van der Waals surface area contributed by atoms with Crippen LogP contribution in [0, 0.1) is 0 Å². The molecule has 2 heterocycles. The summed E-state index contributed by atoms with van der Waals surface area (Å²) in [7, 11) is 1.65. The van der Waals surface area contributed by atoms with E-state index in [1.165, 1.54) is 6.33 Å². The molecular weight excluding hydrogens is 274 g/mol. The van der Waals surface area contributed by atoms with Gasteiger partial charge in [0.05, 0.1) is 12.8 Å². The summed E-state index contributed by atoms with van der Waals surface area (Å²) in [6, 6.07) is 7.80. The van der Waals surface area contributed by atoms with E-state index in [0.29, 0.717) is 0 Å². The van der Waals surface area contributed by atoms with Crippen LogP contribution in [0.5, 0.6) is 5.75 Å². The highest BCUT2D eigenvalue weighted by Crippen LogP contribution is 2.31. The minimum atomic E-state index is 0.820. The maximum atomic E-state index is 5.18. The molecule has 0 aliphatic carbocycles. The number of hydrogen-bond acceptors (Lipinski definition) is 5. The van der Waals surface area contributed by atoms with E-state index in [0.717, 1.165) is 27.7 Å². The average molecular weight is 287 g/mol. The van der Waals surface area contributed by atoms with Crippen LogP contribution in [-0.2, 0) is 0 Å². The van der Waals surface area contributed by atoms with Gasteiger partial charge in [-0.2, -0.15) is 10.2 Å². The number of ether oxygens (including phenoxy) is 1. The van der Waals surface area contributed by atoms with Crippen molar-refractivity contribution in [2.24, 2.45) is 0 Å². The number of aromatic amines is 1. The smallest absolute Gasteiger partial charge is 0.144 e. The van der Waals surface area contributed by atoms with Crippen molar-refractivity contribution in [2.75, 3.05) is 13.4 Å². The Bertz CT molecular complexity index is 690. The van der Waals surface area contributed by atoms with Crippen LogP contribution in [0.15, 0.2) is 41.9 Å². The number of H-pyrrole nitrogens is 1. The van der Waals surface area contributed by atoms with Gasteiger partial charge in [0.15, 0.2) is 0 Å². The molecule has 0 radical (unpaired) electrons. The Balaban J connectivity index is 2.11. The largest absolute Gasteiger partial charge is 0.497 e. The molecule has 0 unspecified atom stereocenters. The van der Waals surface area contributed by atoms with E-state index in [1.807, 2.05) is 30.5 Å². The SMILES string of the molecule is COc1ccc(-c2[nH]nc(SC)c2-n2cncn2)cc1. The fourth-order valence-electron chi connectivity index (χ4n) is 1.96. The van der Waals surface area contributed by atoms with Crippen molar-refractivity contribution in [3.05, 3.63) is 36.9 Å². The Labute approximate surface area is 120 Å². The Morgan fingerprint density at radius 1 is 1.25 bits per heavy atom. The van der Waals surface area contributed by atoms with Gasteiger partial charge in [0, 0.05) is 5.56 Å². The number of hydrogen-bond donors (Lipinski definition) is 1. The van der Waals surface area contributed by atoms with Crippen LogP contribution in [0.2, 0.25) is 0 Å². The molecule has 0 aliphatic heterocycles. The lowest BCUT2D eigenvalue weighted by Gasteiger charge is -2.05. The summed E-state index contributed by atoms with van der Waals surface area (Å²) in [4.78, 5) is 4.00. The lowest BCUT2D eigenvalue weighted by molar-refractivity contribution is 0.415. The summed E-state index contributed by atoms with van der Waals surface area (Å²) < 4.78 is 6.89. The van der Waals surface area contributed by atoms with E-state index >= 15 is 0 Å². The Morgan fingerprint density at radius 3 is 2.65 bits per heavy atom. The molecule has 0 atom stereocenters. The molecule has 7 heteroatoms. The van der Waals surface area contributed by atoms with E-state index in [4.69, 9.17) is 4.74 Å². The number of nitrogens with one attached hydrogen (secondary N) is 1.